The molecule has 0 aliphatic heterocycles. The summed E-state index contributed by atoms with van der Waals surface area (Å²) in [5.41, 5.74) is 0. The molecule has 0 spiro atoms. The van der Waals surface area contributed by atoms with E-state index in [0.29, 0.717) is 15.8 Å². The number of hydrogen-bond donors (Lipinski definition) is 0. The molecule has 0 radical (unpaired) electrons. The van der Waals surface area contributed by atoms with Gasteiger partial charge in [0.1, 0.15) is 0 Å². The third-order valence-corrected chi connectivity index (χ3v) is 17.9. The maximum Gasteiger partial charge on any atom is 2.00 e. The third kappa shape index (κ3) is 28.0. The fourth-order valence-corrected chi connectivity index (χ4v) is 14.8. The van der Waals surface area contributed by atoms with Gasteiger partial charge in [0.2, 0.25) is 0 Å². The Morgan fingerprint density at radius 3 is 0.780 bits per heavy atom. The van der Waals surface area contributed by atoms with Crippen LogP contribution in [0.5, 0.6) is 0 Å². The van der Waals surface area contributed by atoms with Crippen molar-refractivity contribution in [2.45, 2.75) is 200 Å². The molecular weight excluding hydrogens is 749 g/mol. The third-order valence-electron chi connectivity index (χ3n) is 12.2. The summed E-state index contributed by atoms with van der Waals surface area (Å²) in [6.07, 6.45) is 54.9. The fourth-order valence-electron chi connectivity index (χ4n) is 9.51. The standard InChI is InChI=1S/C39H74P2.2C2H4O2.Pd/c1-5-18-36(19-6-1)26-13-30-40(31-14-27-37-20-7-2-8-21-37)34-17-35-41(32-15-28-38-22-9-3-10-23-38)33-16-29-39-24-11-4-12-25-39;2*1-2(3)4;/h36-39H,1-35H2;2*1H3,(H,3,4);/q;;;+2/p-2. The zero-order valence-corrected chi connectivity index (χ0v) is 36.2. The molecule has 296 valence electrons. The average molecular weight is 829 g/mol. The molecule has 4 aliphatic rings. The van der Waals surface area contributed by atoms with Crippen molar-refractivity contribution in [3.05, 3.63) is 0 Å². The molecule has 0 bridgehead atoms. The summed E-state index contributed by atoms with van der Waals surface area (Å²) in [7, 11) is 0.638. The van der Waals surface area contributed by atoms with E-state index in [4.69, 9.17) is 19.8 Å². The minimum absolute atomic E-state index is 0. The monoisotopic (exact) mass is 828 g/mol. The van der Waals surface area contributed by atoms with Crippen molar-refractivity contribution in [3.8, 4) is 0 Å². The minimum atomic E-state index is -1.08. The molecule has 0 aromatic rings. The molecule has 0 N–H and O–H groups in total. The fraction of sp³-hybridized carbons (Fsp3) is 0.953. The Balaban J connectivity index is 0.00000125. The normalized spacial score (nSPS) is 19.6. The van der Waals surface area contributed by atoms with E-state index in [0.717, 1.165) is 37.5 Å². The molecule has 4 aliphatic carbocycles. The van der Waals surface area contributed by atoms with Gasteiger partial charge in [0, 0.05) is 11.9 Å². The van der Waals surface area contributed by atoms with Crippen molar-refractivity contribution in [1.29, 1.82) is 0 Å². The second kappa shape index (κ2) is 32.9. The Labute approximate surface area is 327 Å². The molecule has 4 rings (SSSR count). The molecule has 4 saturated carbocycles. The number of aliphatic carboxylic acids is 2. The number of carboxylic acids is 2. The molecule has 50 heavy (non-hydrogen) atoms. The van der Waals surface area contributed by atoms with Crippen LogP contribution in [-0.4, -0.2) is 48.9 Å². The zero-order valence-electron chi connectivity index (χ0n) is 32.9. The summed E-state index contributed by atoms with van der Waals surface area (Å²) in [6, 6.07) is 0. The van der Waals surface area contributed by atoms with Crippen molar-refractivity contribution < 1.29 is 40.2 Å². The van der Waals surface area contributed by atoms with Crippen molar-refractivity contribution in [1.82, 2.24) is 0 Å². The predicted octanol–water partition coefficient (Wildman–Crippen LogP) is 11.3. The van der Waals surface area contributed by atoms with Gasteiger partial charge in [-0.3, -0.25) is 0 Å². The van der Waals surface area contributed by atoms with Crippen molar-refractivity contribution >= 4 is 27.8 Å². The molecule has 4 fully saturated rings. The number of carbonyl (C=O) groups is 2. The molecule has 0 aromatic carbocycles. The van der Waals surface area contributed by atoms with Crippen LogP contribution in [0.3, 0.4) is 0 Å². The second-order valence-electron chi connectivity index (χ2n) is 16.6. The van der Waals surface area contributed by atoms with Gasteiger partial charge in [0.25, 0.3) is 0 Å². The van der Waals surface area contributed by atoms with Gasteiger partial charge < -0.3 is 19.8 Å². The first-order valence-corrected chi connectivity index (χ1v) is 25.4. The van der Waals surface area contributed by atoms with Crippen LogP contribution in [0.25, 0.3) is 0 Å². The van der Waals surface area contributed by atoms with Crippen molar-refractivity contribution in [2.24, 2.45) is 23.7 Å². The largest absolute Gasteiger partial charge is 2.00 e. The van der Waals surface area contributed by atoms with E-state index in [-0.39, 0.29) is 20.4 Å². The molecular formula is C43H80O4P2Pd. The zero-order chi connectivity index (χ0) is 35.4. The summed E-state index contributed by atoms with van der Waals surface area (Å²) >= 11 is 0. The molecule has 0 amide bonds. The van der Waals surface area contributed by atoms with Crippen LogP contribution in [0, 0.1) is 23.7 Å². The van der Waals surface area contributed by atoms with Gasteiger partial charge in [-0.1, -0.05) is 154 Å². The molecule has 0 heterocycles. The Bertz CT molecular complexity index is 670. The van der Waals surface area contributed by atoms with Crippen LogP contribution in [0.2, 0.25) is 0 Å². The number of carboxylic acid groups (broad SMARTS) is 2. The summed E-state index contributed by atoms with van der Waals surface area (Å²) in [5.74, 6) is 2.24. The van der Waals surface area contributed by atoms with Crippen molar-refractivity contribution in [2.75, 3.05) is 37.0 Å². The van der Waals surface area contributed by atoms with E-state index >= 15 is 0 Å². The first kappa shape index (κ1) is 48.5. The van der Waals surface area contributed by atoms with Crippen LogP contribution < -0.4 is 10.2 Å². The van der Waals surface area contributed by atoms with Crippen LogP contribution >= 0.6 is 15.8 Å². The van der Waals surface area contributed by atoms with Crippen molar-refractivity contribution in [3.63, 3.8) is 0 Å². The molecule has 0 saturated heterocycles. The Morgan fingerprint density at radius 2 is 0.580 bits per heavy atom. The summed E-state index contributed by atoms with van der Waals surface area (Å²) in [6.45, 7) is 1.94. The van der Waals surface area contributed by atoms with E-state index in [1.54, 1.807) is 146 Å². The number of rotatable bonds is 20. The molecule has 4 nitrogen and oxygen atoms in total. The van der Waals surface area contributed by atoms with E-state index in [9.17, 15) is 0 Å². The maximum atomic E-state index is 8.89. The summed E-state index contributed by atoms with van der Waals surface area (Å²) in [5, 5.41) is 17.8. The van der Waals surface area contributed by atoms with E-state index in [1.807, 2.05) is 0 Å². The summed E-state index contributed by atoms with van der Waals surface area (Å²) < 4.78 is 0. The Kier molecular flexibility index (Phi) is 31.9. The number of carbonyl (C=O) groups excluding carboxylic acids is 2. The van der Waals surface area contributed by atoms with E-state index < -0.39 is 11.9 Å². The van der Waals surface area contributed by atoms with Gasteiger partial charge >= 0.3 is 20.4 Å². The topological polar surface area (TPSA) is 80.3 Å². The molecule has 0 atom stereocenters. The van der Waals surface area contributed by atoms with Gasteiger partial charge in [-0.2, -0.15) is 0 Å². The summed E-state index contributed by atoms with van der Waals surface area (Å²) in [4.78, 5) is 17.8. The Morgan fingerprint density at radius 1 is 0.400 bits per heavy atom. The second-order valence-corrected chi connectivity index (χ2v) is 22.0. The van der Waals surface area contributed by atoms with Gasteiger partial charge in [0.05, 0.1) is 0 Å². The Hall–Kier alpha value is 0.462. The van der Waals surface area contributed by atoms with E-state index in [1.165, 1.54) is 77.0 Å². The average Bonchev–Trinajstić information content (AvgIpc) is 3.09. The predicted molar refractivity (Wildman–Crippen MR) is 212 cm³/mol. The van der Waals surface area contributed by atoms with Crippen LogP contribution in [0.4, 0.5) is 0 Å². The first-order valence-electron chi connectivity index (χ1n) is 21.6. The number of hydrogen-bond acceptors (Lipinski definition) is 4. The van der Waals surface area contributed by atoms with Crippen LogP contribution in [-0.2, 0) is 30.0 Å². The molecule has 7 heteroatoms. The smallest absolute Gasteiger partial charge is 0.550 e. The van der Waals surface area contributed by atoms with E-state index in [2.05, 4.69) is 0 Å². The van der Waals surface area contributed by atoms with Gasteiger partial charge in [-0.15, -0.1) is 15.8 Å². The maximum absolute atomic E-state index is 8.89. The SMILES string of the molecule is C1CCC(CCCP(CCCC2CCCCC2)CCCP(CCCC2CCCCC2)CCCC2CCCCC2)CC1.CC(=O)[O-].CC(=O)[O-].[Pd+2]. The van der Waals surface area contributed by atoms with Gasteiger partial charge in [-0.05, 0) is 107 Å². The minimum Gasteiger partial charge on any atom is -0.550 e. The van der Waals surface area contributed by atoms with Crippen LogP contribution in [0.15, 0.2) is 0 Å². The van der Waals surface area contributed by atoms with Gasteiger partial charge in [-0.25, -0.2) is 0 Å². The molecule has 0 unspecified atom stereocenters. The van der Waals surface area contributed by atoms with Crippen LogP contribution in [0.1, 0.15) is 200 Å². The quantitative estimate of drug-likeness (QED) is 0.0904. The molecule has 0 aromatic heterocycles. The first-order chi connectivity index (χ1) is 23.8. The van der Waals surface area contributed by atoms with Gasteiger partial charge in [0.15, 0.2) is 0 Å².